The molecular weight excluding hydrogens is 288 g/mol. The van der Waals surface area contributed by atoms with Crippen molar-refractivity contribution >= 4 is 16.9 Å². The maximum atomic E-state index is 12.0. The summed E-state index contributed by atoms with van der Waals surface area (Å²) in [6.07, 6.45) is 4.87. The van der Waals surface area contributed by atoms with Gasteiger partial charge in [-0.2, -0.15) is 0 Å². The lowest BCUT2D eigenvalue weighted by Crippen LogP contribution is -2.39. The van der Waals surface area contributed by atoms with Crippen LogP contribution in [0.15, 0.2) is 36.0 Å². The Labute approximate surface area is 136 Å². The molecule has 23 heavy (non-hydrogen) atoms. The number of methoxy groups -OCH3 is 1. The Balaban J connectivity index is 1.81. The van der Waals surface area contributed by atoms with Crippen molar-refractivity contribution in [3.63, 3.8) is 0 Å². The van der Waals surface area contributed by atoms with Gasteiger partial charge in [0.15, 0.2) is 0 Å². The van der Waals surface area contributed by atoms with E-state index in [1.165, 1.54) is 29.3 Å². The van der Waals surface area contributed by atoms with Gasteiger partial charge in [0.1, 0.15) is 0 Å². The van der Waals surface area contributed by atoms with Crippen molar-refractivity contribution < 1.29 is 9.53 Å². The number of nitrogens with one attached hydrogen (secondary N) is 1. The van der Waals surface area contributed by atoms with Gasteiger partial charge in [-0.3, -0.25) is 0 Å². The normalized spacial score (nSPS) is 23.2. The molecule has 2 aromatic rings. The molecule has 4 heteroatoms. The van der Waals surface area contributed by atoms with E-state index in [-0.39, 0.29) is 5.97 Å². The topological polar surface area (TPSA) is 45.3 Å². The molecule has 1 aromatic carbocycles. The lowest BCUT2D eigenvalue weighted by molar-refractivity contribution is -0.136. The first-order chi connectivity index (χ1) is 11.2. The molecule has 1 aromatic heterocycles. The molecule has 0 fully saturated rings. The Morgan fingerprint density at radius 2 is 2.22 bits per heavy atom. The molecule has 120 valence electrons. The van der Waals surface area contributed by atoms with E-state index in [4.69, 9.17) is 4.74 Å². The van der Waals surface area contributed by atoms with Gasteiger partial charge in [-0.25, -0.2) is 4.79 Å². The minimum Gasteiger partial charge on any atom is -0.466 e. The predicted octanol–water partition coefficient (Wildman–Crippen LogP) is 3.55. The Hall–Kier alpha value is -2.23. The Morgan fingerprint density at radius 1 is 1.39 bits per heavy atom. The zero-order valence-corrected chi connectivity index (χ0v) is 13.6. The third-order valence-electron chi connectivity index (χ3n) is 5.34. The van der Waals surface area contributed by atoms with E-state index in [9.17, 15) is 4.79 Å². The van der Waals surface area contributed by atoms with E-state index < -0.39 is 0 Å². The summed E-state index contributed by atoms with van der Waals surface area (Å²) in [6.45, 7) is 3.16. The average Bonchev–Trinajstić information content (AvgIpc) is 2.98. The zero-order valence-electron chi connectivity index (χ0n) is 13.6. The van der Waals surface area contributed by atoms with Crippen LogP contribution in [0.2, 0.25) is 0 Å². The second kappa shape index (κ2) is 5.44. The van der Waals surface area contributed by atoms with Crippen LogP contribution in [0, 0.1) is 5.92 Å². The van der Waals surface area contributed by atoms with Gasteiger partial charge in [-0.05, 0) is 30.4 Å². The van der Waals surface area contributed by atoms with Crippen molar-refractivity contribution in [1.82, 2.24) is 9.88 Å². The number of hydrogen-bond donors (Lipinski definition) is 1. The summed E-state index contributed by atoms with van der Waals surface area (Å²) in [4.78, 5) is 17.9. The van der Waals surface area contributed by atoms with E-state index in [1.807, 2.05) is 6.20 Å². The fourth-order valence-electron chi connectivity index (χ4n) is 4.22. The number of ether oxygens (including phenoxy) is 1. The van der Waals surface area contributed by atoms with Crippen LogP contribution < -0.4 is 0 Å². The largest absolute Gasteiger partial charge is 0.466 e. The van der Waals surface area contributed by atoms with Crippen molar-refractivity contribution in [2.24, 2.45) is 5.92 Å². The molecule has 0 saturated heterocycles. The minimum atomic E-state index is -0.190. The summed E-state index contributed by atoms with van der Waals surface area (Å²) >= 11 is 0. The highest BCUT2D eigenvalue weighted by Crippen LogP contribution is 2.44. The molecule has 3 heterocycles. The van der Waals surface area contributed by atoms with E-state index in [1.54, 1.807) is 0 Å². The molecule has 4 rings (SSSR count). The van der Waals surface area contributed by atoms with E-state index in [0.717, 1.165) is 31.4 Å². The van der Waals surface area contributed by atoms with Crippen molar-refractivity contribution in [1.29, 1.82) is 0 Å². The van der Waals surface area contributed by atoms with E-state index >= 15 is 0 Å². The molecule has 0 saturated carbocycles. The van der Waals surface area contributed by atoms with Gasteiger partial charge in [0, 0.05) is 29.3 Å². The molecule has 2 atom stereocenters. The number of H-pyrrole nitrogens is 1. The third kappa shape index (κ3) is 2.16. The SMILES string of the molecule is CC[C@@H]1CC(C(=O)OC)=CN2CCc3c([nH]c4ccccc34)[C@H]12. The second-order valence-electron chi connectivity index (χ2n) is 6.51. The number of aromatic amines is 1. The standard InChI is InChI=1S/C19H22N2O2/c1-3-12-10-13(19(22)23-2)11-21-9-8-15-14-6-4-5-7-16(14)20-17(15)18(12)21/h4-7,11-12,18,20H,3,8-10H2,1-2H3/t12-,18+/m1/s1. The highest BCUT2D eigenvalue weighted by molar-refractivity contribution is 5.89. The van der Waals surface area contributed by atoms with Crippen LogP contribution in [0.4, 0.5) is 0 Å². The first-order valence-electron chi connectivity index (χ1n) is 8.37. The maximum Gasteiger partial charge on any atom is 0.335 e. The molecule has 0 spiro atoms. The molecule has 0 unspecified atom stereocenters. The van der Waals surface area contributed by atoms with Crippen LogP contribution in [0.5, 0.6) is 0 Å². The van der Waals surface area contributed by atoms with Crippen molar-refractivity contribution in [2.75, 3.05) is 13.7 Å². The Bertz CT molecular complexity index is 790. The number of carbonyl (C=O) groups excluding carboxylic acids is 1. The summed E-state index contributed by atoms with van der Waals surface area (Å²) in [5.74, 6) is 0.241. The van der Waals surface area contributed by atoms with E-state index in [0.29, 0.717) is 12.0 Å². The Kier molecular flexibility index (Phi) is 3.40. The van der Waals surface area contributed by atoms with Crippen molar-refractivity contribution in [3.05, 3.63) is 47.3 Å². The molecule has 0 bridgehead atoms. The molecule has 1 N–H and O–H groups in total. The number of hydrogen-bond acceptors (Lipinski definition) is 3. The van der Waals surface area contributed by atoms with Gasteiger partial charge >= 0.3 is 5.97 Å². The van der Waals surface area contributed by atoms with Gasteiger partial charge in [-0.1, -0.05) is 31.5 Å². The fraction of sp³-hybridized carbons (Fsp3) is 0.421. The number of carbonyl (C=O) groups is 1. The number of rotatable bonds is 2. The number of esters is 1. The lowest BCUT2D eigenvalue weighted by Gasteiger charge is -2.43. The minimum absolute atomic E-state index is 0.190. The molecule has 0 aliphatic carbocycles. The number of para-hydroxylation sites is 1. The van der Waals surface area contributed by atoms with Gasteiger partial charge in [0.25, 0.3) is 0 Å². The van der Waals surface area contributed by atoms with Crippen LogP contribution >= 0.6 is 0 Å². The summed E-state index contributed by atoms with van der Waals surface area (Å²) in [7, 11) is 1.46. The number of aromatic nitrogens is 1. The van der Waals surface area contributed by atoms with Gasteiger partial charge < -0.3 is 14.6 Å². The summed E-state index contributed by atoms with van der Waals surface area (Å²) in [5, 5.41) is 1.35. The molecule has 2 aliphatic rings. The van der Waals surface area contributed by atoms with Crippen LogP contribution in [-0.2, 0) is 16.0 Å². The summed E-state index contributed by atoms with van der Waals surface area (Å²) in [5.41, 5.74) is 4.81. The van der Waals surface area contributed by atoms with Crippen LogP contribution in [0.25, 0.3) is 10.9 Å². The predicted molar refractivity (Wildman–Crippen MR) is 89.9 cm³/mol. The van der Waals surface area contributed by atoms with E-state index in [2.05, 4.69) is 41.1 Å². The van der Waals surface area contributed by atoms with Crippen LogP contribution in [0.1, 0.15) is 37.1 Å². The number of fused-ring (bicyclic) bond motifs is 5. The number of nitrogens with zero attached hydrogens (tertiary/aromatic N) is 1. The summed E-state index contributed by atoms with van der Waals surface area (Å²) in [6, 6.07) is 8.88. The first-order valence-corrected chi connectivity index (χ1v) is 8.37. The summed E-state index contributed by atoms with van der Waals surface area (Å²) < 4.78 is 4.94. The molecule has 0 amide bonds. The average molecular weight is 310 g/mol. The number of benzene rings is 1. The van der Waals surface area contributed by atoms with Crippen LogP contribution in [-0.4, -0.2) is 29.5 Å². The van der Waals surface area contributed by atoms with Crippen molar-refractivity contribution in [2.45, 2.75) is 32.2 Å². The quantitative estimate of drug-likeness (QED) is 0.863. The Morgan fingerprint density at radius 3 is 3.00 bits per heavy atom. The zero-order chi connectivity index (χ0) is 16.0. The molecule has 2 aliphatic heterocycles. The van der Waals surface area contributed by atoms with Crippen LogP contribution in [0.3, 0.4) is 0 Å². The lowest BCUT2D eigenvalue weighted by atomic mass is 9.81. The second-order valence-corrected chi connectivity index (χ2v) is 6.51. The monoisotopic (exact) mass is 310 g/mol. The molecule has 4 nitrogen and oxygen atoms in total. The third-order valence-corrected chi connectivity index (χ3v) is 5.34. The smallest absolute Gasteiger partial charge is 0.335 e. The molecule has 0 radical (unpaired) electrons. The fourth-order valence-corrected chi connectivity index (χ4v) is 4.22. The highest BCUT2D eigenvalue weighted by atomic mass is 16.5. The first kappa shape index (κ1) is 14.4. The molecular formula is C19H22N2O2. The highest BCUT2D eigenvalue weighted by Gasteiger charge is 2.38. The van der Waals surface area contributed by atoms with Gasteiger partial charge in [0.2, 0.25) is 0 Å². The maximum absolute atomic E-state index is 12.0. The van der Waals surface area contributed by atoms with Gasteiger partial charge in [-0.15, -0.1) is 0 Å². The van der Waals surface area contributed by atoms with Gasteiger partial charge in [0.05, 0.1) is 18.7 Å². The van der Waals surface area contributed by atoms with Crippen molar-refractivity contribution in [3.8, 4) is 0 Å².